The van der Waals surface area contributed by atoms with E-state index in [1.54, 1.807) is 0 Å². The lowest BCUT2D eigenvalue weighted by atomic mass is 9.96. The Morgan fingerprint density at radius 3 is 2.54 bits per heavy atom. The molecule has 2 aliphatic rings. The van der Waals surface area contributed by atoms with Crippen molar-refractivity contribution in [3.8, 4) is 5.75 Å². The normalized spacial score (nSPS) is 23.9. The van der Waals surface area contributed by atoms with Gasteiger partial charge in [0.15, 0.2) is 5.96 Å². The molecule has 0 aliphatic carbocycles. The molecule has 2 fully saturated rings. The van der Waals surface area contributed by atoms with Crippen LogP contribution in [0.5, 0.6) is 5.75 Å². The zero-order valence-electron chi connectivity index (χ0n) is 15.2. The summed E-state index contributed by atoms with van der Waals surface area (Å²) in [7, 11) is 0. The highest BCUT2D eigenvalue weighted by atomic mass is 127. The minimum absolute atomic E-state index is 0. The molecule has 158 valence electrons. The fourth-order valence-corrected chi connectivity index (χ4v) is 4.73. The first kappa shape index (κ1) is 23.4. The van der Waals surface area contributed by atoms with Crippen LogP contribution in [0.4, 0.5) is 18.9 Å². The maximum atomic E-state index is 12.2. The molecule has 6 nitrogen and oxygen atoms in total. The molecule has 2 heterocycles. The van der Waals surface area contributed by atoms with Gasteiger partial charge in [0.05, 0.1) is 25.3 Å². The topological polar surface area (TPSA) is 72.1 Å². The van der Waals surface area contributed by atoms with E-state index < -0.39 is 6.36 Å². The predicted molar refractivity (Wildman–Crippen MR) is 116 cm³/mol. The smallest absolute Gasteiger partial charge is 0.406 e. The van der Waals surface area contributed by atoms with E-state index >= 15 is 0 Å². The fraction of sp³-hybridized carbons (Fsp3) is 0.588. The van der Waals surface area contributed by atoms with Crippen molar-refractivity contribution in [2.24, 2.45) is 10.7 Å². The van der Waals surface area contributed by atoms with E-state index in [1.807, 2.05) is 11.8 Å². The summed E-state index contributed by atoms with van der Waals surface area (Å²) >= 11 is 1.92. The number of hydrogen-bond donors (Lipinski definition) is 2. The summed E-state index contributed by atoms with van der Waals surface area (Å²) in [5, 5.41) is 2.92. The maximum absolute atomic E-state index is 12.2. The minimum Gasteiger partial charge on any atom is -0.406 e. The van der Waals surface area contributed by atoms with Gasteiger partial charge in [-0.15, -0.1) is 37.1 Å². The second-order valence-corrected chi connectivity index (χ2v) is 7.63. The summed E-state index contributed by atoms with van der Waals surface area (Å²) in [5.41, 5.74) is 6.53. The molecule has 28 heavy (non-hydrogen) atoms. The molecular formula is C17H24F3IN4O2S. The van der Waals surface area contributed by atoms with Crippen LogP contribution in [-0.4, -0.2) is 67.1 Å². The van der Waals surface area contributed by atoms with Crippen molar-refractivity contribution in [3.05, 3.63) is 24.3 Å². The zero-order valence-corrected chi connectivity index (χ0v) is 18.4. The van der Waals surface area contributed by atoms with Gasteiger partial charge in [0.2, 0.25) is 0 Å². The number of rotatable bonds is 5. The van der Waals surface area contributed by atoms with Gasteiger partial charge in [-0.25, -0.2) is 0 Å². The number of alkyl halides is 3. The Hall–Kier alpha value is -0.920. The molecule has 0 spiro atoms. The highest BCUT2D eigenvalue weighted by molar-refractivity contribution is 14.0. The number of nitrogens with zero attached hydrogens (tertiary/aromatic N) is 2. The highest BCUT2D eigenvalue weighted by Gasteiger charge is 2.40. The first-order valence-corrected chi connectivity index (χ1v) is 9.85. The molecule has 11 heteroatoms. The molecule has 0 bridgehead atoms. The summed E-state index contributed by atoms with van der Waals surface area (Å²) in [4.78, 5) is 6.95. The third-order valence-electron chi connectivity index (χ3n) is 4.67. The van der Waals surface area contributed by atoms with Crippen molar-refractivity contribution in [3.63, 3.8) is 0 Å². The quantitative estimate of drug-likeness (QED) is 0.345. The standard InChI is InChI=1S/C17H23F3N4O2S.HI/c18-17(19,20)26-14-3-1-13(2-4-14)23-15(21)22-11-16(5-10-27-12-16)24-6-8-25-9-7-24;/h1-4H,5-12H2,(H3,21,22,23);1H. The van der Waals surface area contributed by atoms with Crippen LogP contribution in [0.25, 0.3) is 0 Å². The third kappa shape index (κ3) is 6.56. The fourth-order valence-electron chi connectivity index (χ4n) is 3.27. The molecule has 0 aromatic heterocycles. The lowest BCUT2D eigenvalue weighted by Crippen LogP contribution is -2.56. The molecule has 0 saturated carbocycles. The van der Waals surface area contributed by atoms with E-state index in [-0.39, 0.29) is 41.2 Å². The third-order valence-corrected chi connectivity index (χ3v) is 5.90. The monoisotopic (exact) mass is 532 g/mol. The number of thioether (sulfide) groups is 1. The molecule has 2 aliphatic heterocycles. The number of benzene rings is 1. The predicted octanol–water partition coefficient (Wildman–Crippen LogP) is 3.14. The summed E-state index contributed by atoms with van der Waals surface area (Å²) in [6.07, 6.45) is -3.65. The van der Waals surface area contributed by atoms with Crippen molar-refractivity contribution in [1.82, 2.24) is 4.90 Å². The largest absolute Gasteiger partial charge is 0.573 e. The molecule has 3 rings (SSSR count). The van der Waals surface area contributed by atoms with E-state index in [9.17, 15) is 13.2 Å². The van der Waals surface area contributed by atoms with Gasteiger partial charge in [-0.2, -0.15) is 11.8 Å². The van der Waals surface area contributed by atoms with Gasteiger partial charge in [-0.3, -0.25) is 9.89 Å². The van der Waals surface area contributed by atoms with Gasteiger partial charge in [-0.05, 0) is 36.4 Å². The van der Waals surface area contributed by atoms with Crippen LogP contribution in [0.2, 0.25) is 0 Å². The first-order valence-electron chi connectivity index (χ1n) is 8.70. The van der Waals surface area contributed by atoms with Crippen molar-refractivity contribution in [1.29, 1.82) is 0 Å². The molecule has 0 radical (unpaired) electrons. The Morgan fingerprint density at radius 2 is 1.96 bits per heavy atom. The number of nitrogens with two attached hydrogens (primary N) is 1. The van der Waals surface area contributed by atoms with E-state index in [4.69, 9.17) is 10.5 Å². The van der Waals surface area contributed by atoms with Gasteiger partial charge in [0, 0.05) is 24.5 Å². The van der Waals surface area contributed by atoms with E-state index in [1.165, 1.54) is 24.3 Å². The number of anilines is 1. The van der Waals surface area contributed by atoms with Gasteiger partial charge in [-0.1, -0.05) is 0 Å². The Labute approximate surface area is 183 Å². The zero-order chi connectivity index (χ0) is 19.3. The summed E-state index contributed by atoms with van der Waals surface area (Å²) in [6, 6.07) is 5.39. The molecular weight excluding hydrogens is 508 g/mol. The molecule has 1 aromatic rings. The van der Waals surface area contributed by atoms with Crippen LogP contribution in [-0.2, 0) is 4.74 Å². The van der Waals surface area contributed by atoms with Crippen molar-refractivity contribution in [2.75, 3.05) is 49.7 Å². The van der Waals surface area contributed by atoms with Crippen LogP contribution >= 0.6 is 35.7 Å². The average Bonchev–Trinajstić information content (AvgIpc) is 3.12. The number of nitrogens with one attached hydrogen (secondary N) is 1. The second kappa shape index (κ2) is 10.2. The van der Waals surface area contributed by atoms with Gasteiger partial charge >= 0.3 is 6.36 Å². The number of morpholine rings is 1. The molecule has 1 aromatic carbocycles. The van der Waals surface area contributed by atoms with E-state index in [2.05, 4.69) is 19.9 Å². The number of guanidine groups is 1. The molecule has 2 saturated heterocycles. The minimum atomic E-state index is -4.71. The van der Waals surface area contributed by atoms with E-state index in [0.29, 0.717) is 12.2 Å². The number of halogens is 4. The molecule has 3 N–H and O–H groups in total. The summed E-state index contributed by atoms with van der Waals surface area (Å²) in [6.45, 7) is 3.83. The van der Waals surface area contributed by atoms with E-state index in [0.717, 1.165) is 44.2 Å². The van der Waals surface area contributed by atoms with Crippen LogP contribution in [0.15, 0.2) is 29.3 Å². The average molecular weight is 532 g/mol. The van der Waals surface area contributed by atoms with Gasteiger partial charge in [0.25, 0.3) is 0 Å². The Bertz CT molecular complexity index is 649. The summed E-state index contributed by atoms with van der Waals surface area (Å²) in [5.74, 6) is 2.07. The summed E-state index contributed by atoms with van der Waals surface area (Å²) < 4.78 is 45.9. The van der Waals surface area contributed by atoms with Crippen LogP contribution in [0.1, 0.15) is 6.42 Å². The SMILES string of the molecule is I.NC(=NCC1(N2CCOCC2)CCSC1)Nc1ccc(OC(F)(F)F)cc1. The molecule has 0 amide bonds. The van der Waals surface area contributed by atoms with Crippen LogP contribution in [0, 0.1) is 0 Å². The van der Waals surface area contributed by atoms with Crippen LogP contribution < -0.4 is 15.8 Å². The number of ether oxygens (including phenoxy) is 2. The Kier molecular flexibility index (Phi) is 8.52. The van der Waals surface area contributed by atoms with Crippen molar-refractivity contribution < 1.29 is 22.6 Å². The first-order chi connectivity index (χ1) is 12.9. The van der Waals surface area contributed by atoms with Gasteiger partial charge < -0.3 is 20.5 Å². The van der Waals surface area contributed by atoms with Gasteiger partial charge in [0.1, 0.15) is 5.75 Å². The lowest BCUT2D eigenvalue weighted by Gasteiger charge is -2.42. The van der Waals surface area contributed by atoms with Crippen molar-refractivity contribution in [2.45, 2.75) is 18.3 Å². The maximum Gasteiger partial charge on any atom is 0.573 e. The van der Waals surface area contributed by atoms with Crippen LogP contribution in [0.3, 0.4) is 0 Å². The number of hydrogen-bond acceptors (Lipinski definition) is 5. The molecule has 1 unspecified atom stereocenters. The van der Waals surface area contributed by atoms with Crippen molar-refractivity contribution >= 4 is 47.4 Å². The highest BCUT2D eigenvalue weighted by Crippen LogP contribution is 2.34. The molecule has 1 atom stereocenters. The lowest BCUT2D eigenvalue weighted by molar-refractivity contribution is -0.274. The Balaban J connectivity index is 0.00000280. The second-order valence-electron chi connectivity index (χ2n) is 6.52. The Morgan fingerprint density at radius 1 is 1.29 bits per heavy atom. The number of aliphatic imine (C=N–C) groups is 1.